The summed E-state index contributed by atoms with van der Waals surface area (Å²) in [4.78, 5) is 14.3. The van der Waals surface area contributed by atoms with Crippen molar-refractivity contribution in [2.75, 3.05) is 17.2 Å². The molecule has 0 fully saturated rings. The van der Waals surface area contributed by atoms with Gasteiger partial charge in [-0.3, -0.25) is 4.79 Å². The topological polar surface area (TPSA) is 72.1 Å². The van der Waals surface area contributed by atoms with Crippen LogP contribution in [0.15, 0.2) is 34.7 Å². The average molecular weight is 308 g/mol. The smallest absolute Gasteiger partial charge is 0.240 e. The molecular formula is C13H16N4OS2. The van der Waals surface area contributed by atoms with E-state index >= 15 is 0 Å². The van der Waals surface area contributed by atoms with Gasteiger partial charge in [0.2, 0.25) is 11.0 Å². The maximum Gasteiger partial charge on any atom is 0.240 e. The van der Waals surface area contributed by atoms with Crippen LogP contribution in [0.5, 0.6) is 0 Å². The van der Waals surface area contributed by atoms with Crippen LogP contribution in [-0.4, -0.2) is 27.9 Å². The Bertz CT molecular complexity index is 573. The number of anilines is 2. The summed E-state index contributed by atoms with van der Waals surface area (Å²) in [6, 6.07) is 9.65. The highest BCUT2D eigenvalue weighted by Crippen LogP contribution is 2.29. The molecule has 106 valence electrons. The van der Waals surface area contributed by atoms with Crippen molar-refractivity contribution in [1.82, 2.24) is 10.2 Å². The third-order valence-corrected chi connectivity index (χ3v) is 4.62. The van der Waals surface area contributed by atoms with E-state index in [0.717, 1.165) is 5.69 Å². The monoisotopic (exact) mass is 308 g/mol. The standard InChI is InChI=1S/C13H16N4OS2/c1-3-17(10-7-5-4-6-8-10)11(18)9(2)19-13-16-15-12(14)20-13/h4-9H,3H2,1-2H3,(H2,14,15)/t9-/m1/s1. The maximum absolute atomic E-state index is 12.5. The molecule has 0 aliphatic rings. The molecule has 0 unspecified atom stereocenters. The first-order valence-corrected chi connectivity index (χ1v) is 7.93. The van der Waals surface area contributed by atoms with Crippen LogP contribution in [0.2, 0.25) is 0 Å². The Morgan fingerprint density at radius 3 is 2.65 bits per heavy atom. The largest absolute Gasteiger partial charge is 0.374 e. The average Bonchev–Trinajstić information content (AvgIpc) is 2.86. The van der Waals surface area contributed by atoms with Crippen molar-refractivity contribution in [3.8, 4) is 0 Å². The molecule has 1 aromatic heterocycles. The van der Waals surface area contributed by atoms with Gasteiger partial charge in [-0.15, -0.1) is 10.2 Å². The van der Waals surface area contributed by atoms with E-state index in [2.05, 4.69) is 10.2 Å². The minimum absolute atomic E-state index is 0.0532. The van der Waals surface area contributed by atoms with Crippen molar-refractivity contribution >= 4 is 39.8 Å². The highest BCUT2D eigenvalue weighted by Gasteiger charge is 2.22. The van der Waals surface area contributed by atoms with Crippen LogP contribution in [0.3, 0.4) is 0 Å². The Labute approximate surface area is 126 Å². The number of carbonyl (C=O) groups excluding carboxylic acids is 1. The molecule has 1 atom stereocenters. The second-order valence-electron chi connectivity index (χ2n) is 4.08. The molecular weight excluding hydrogens is 292 g/mol. The first-order chi connectivity index (χ1) is 9.61. The highest BCUT2D eigenvalue weighted by atomic mass is 32.2. The number of carbonyl (C=O) groups is 1. The molecule has 2 aromatic rings. The van der Waals surface area contributed by atoms with Gasteiger partial charge in [-0.05, 0) is 26.0 Å². The van der Waals surface area contributed by atoms with Crippen LogP contribution in [0.25, 0.3) is 0 Å². The number of nitrogen functional groups attached to an aromatic ring is 1. The Balaban J connectivity index is 2.08. The van der Waals surface area contributed by atoms with Crippen LogP contribution in [0.1, 0.15) is 13.8 Å². The van der Waals surface area contributed by atoms with Crippen molar-refractivity contribution < 1.29 is 4.79 Å². The number of hydrogen-bond acceptors (Lipinski definition) is 6. The normalized spacial score (nSPS) is 12.1. The summed E-state index contributed by atoms with van der Waals surface area (Å²) in [5, 5.41) is 7.87. The second-order valence-corrected chi connectivity index (χ2v) is 6.68. The fraction of sp³-hybridized carbons (Fsp3) is 0.308. The van der Waals surface area contributed by atoms with Crippen LogP contribution < -0.4 is 10.6 Å². The summed E-state index contributed by atoms with van der Waals surface area (Å²) < 4.78 is 0.715. The number of amides is 1. The third-order valence-electron chi connectivity index (χ3n) is 2.70. The van der Waals surface area contributed by atoms with Crippen LogP contribution in [-0.2, 0) is 4.79 Å². The van der Waals surface area contributed by atoms with Gasteiger partial charge in [0.1, 0.15) is 0 Å². The molecule has 1 amide bonds. The first-order valence-electron chi connectivity index (χ1n) is 6.24. The zero-order valence-corrected chi connectivity index (χ0v) is 12.9. The fourth-order valence-corrected chi connectivity index (χ4v) is 3.60. The van der Waals surface area contributed by atoms with Gasteiger partial charge in [0.25, 0.3) is 0 Å². The number of para-hydroxylation sites is 1. The molecule has 1 aromatic carbocycles. The molecule has 0 aliphatic carbocycles. The number of aromatic nitrogens is 2. The van der Waals surface area contributed by atoms with E-state index in [1.165, 1.54) is 23.1 Å². The summed E-state index contributed by atoms with van der Waals surface area (Å²) >= 11 is 2.68. The van der Waals surface area contributed by atoms with Crippen LogP contribution in [0, 0.1) is 0 Å². The van der Waals surface area contributed by atoms with E-state index in [0.29, 0.717) is 16.0 Å². The van der Waals surface area contributed by atoms with Gasteiger partial charge in [0, 0.05) is 12.2 Å². The molecule has 5 nitrogen and oxygen atoms in total. The Hall–Kier alpha value is -1.60. The zero-order valence-electron chi connectivity index (χ0n) is 11.3. The molecule has 0 saturated carbocycles. The van der Waals surface area contributed by atoms with Gasteiger partial charge in [-0.25, -0.2) is 0 Å². The minimum atomic E-state index is -0.234. The van der Waals surface area contributed by atoms with E-state index in [4.69, 9.17) is 5.73 Å². The van der Waals surface area contributed by atoms with E-state index in [1.54, 1.807) is 4.90 Å². The van der Waals surface area contributed by atoms with Gasteiger partial charge in [-0.2, -0.15) is 0 Å². The maximum atomic E-state index is 12.5. The number of thioether (sulfide) groups is 1. The van der Waals surface area contributed by atoms with Gasteiger partial charge in [0.05, 0.1) is 5.25 Å². The lowest BCUT2D eigenvalue weighted by molar-refractivity contribution is -0.117. The van der Waals surface area contributed by atoms with Gasteiger partial charge < -0.3 is 10.6 Å². The van der Waals surface area contributed by atoms with Crippen LogP contribution in [0.4, 0.5) is 10.8 Å². The lowest BCUT2D eigenvalue weighted by Crippen LogP contribution is -2.36. The quantitative estimate of drug-likeness (QED) is 0.860. The van der Waals surface area contributed by atoms with E-state index < -0.39 is 0 Å². The Kier molecular flexibility index (Phi) is 4.97. The molecule has 0 spiro atoms. The summed E-state index contributed by atoms with van der Waals surface area (Å²) in [5.41, 5.74) is 6.45. The lowest BCUT2D eigenvalue weighted by atomic mass is 10.2. The van der Waals surface area contributed by atoms with E-state index in [1.807, 2.05) is 44.2 Å². The van der Waals surface area contributed by atoms with E-state index in [-0.39, 0.29) is 11.2 Å². The summed E-state index contributed by atoms with van der Waals surface area (Å²) in [6.07, 6.45) is 0. The second kappa shape index (κ2) is 6.71. The Morgan fingerprint density at radius 2 is 2.10 bits per heavy atom. The summed E-state index contributed by atoms with van der Waals surface area (Å²) in [7, 11) is 0. The van der Waals surface area contributed by atoms with Crippen molar-refractivity contribution in [3.05, 3.63) is 30.3 Å². The lowest BCUT2D eigenvalue weighted by Gasteiger charge is -2.23. The molecule has 0 aliphatic heterocycles. The Morgan fingerprint density at radius 1 is 1.40 bits per heavy atom. The molecule has 0 radical (unpaired) electrons. The summed E-state index contributed by atoms with van der Waals surface area (Å²) in [6.45, 7) is 4.47. The number of nitrogens with two attached hydrogens (primary N) is 1. The molecule has 7 heteroatoms. The van der Waals surface area contributed by atoms with Gasteiger partial charge in [-0.1, -0.05) is 41.3 Å². The predicted molar refractivity (Wildman–Crippen MR) is 84.1 cm³/mol. The van der Waals surface area contributed by atoms with Crippen molar-refractivity contribution in [2.45, 2.75) is 23.4 Å². The van der Waals surface area contributed by atoms with Crippen molar-refractivity contribution in [2.24, 2.45) is 0 Å². The van der Waals surface area contributed by atoms with Gasteiger partial charge >= 0.3 is 0 Å². The molecule has 0 bridgehead atoms. The molecule has 1 heterocycles. The number of rotatable bonds is 5. The van der Waals surface area contributed by atoms with Gasteiger partial charge in [0.15, 0.2) is 4.34 Å². The number of hydrogen-bond donors (Lipinski definition) is 1. The predicted octanol–water partition coefficient (Wildman–Crippen LogP) is 2.65. The SMILES string of the molecule is CCN(C(=O)[C@@H](C)Sc1nnc(N)s1)c1ccccc1. The van der Waals surface area contributed by atoms with Crippen molar-refractivity contribution in [1.29, 1.82) is 0 Å². The molecule has 20 heavy (non-hydrogen) atoms. The highest BCUT2D eigenvalue weighted by molar-refractivity contribution is 8.02. The first kappa shape index (κ1) is 14.8. The molecule has 2 rings (SSSR count). The summed E-state index contributed by atoms with van der Waals surface area (Å²) in [5.74, 6) is 0.0532. The third kappa shape index (κ3) is 3.49. The number of benzene rings is 1. The zero-order chi connectivity index (χ0) is 14.5. The molecule has 2 N–H and O–H groups in total. The number of nitrogens with zero attached hydrogens (tertiary/aromatic N) is 3. The van der Waals surface area contributed by atoms with Crippen molar-refractivity contribution in [3.63, 3.8) is 0 Å². The van der Waals surface area contributed by atoms with Crippen LogP contribution >= 0.6 is 23.1 Å². The molecule has 0 saturated heterocycles. The minimum Gasteiger partial charge on any atom is -0.374 e. The van der Waals surface area contributed by atoms with E-state index in [9.17, 15) is 4.79 Å². The fourth-order valence-electron chi connectivity index (χ4n) is 1.76.